The number of benzene rings is 1. The van der Waals surface area contributed by atoms with Crippen molar-refractivity contribution in [2.45, 2.75) is 13.5 Å². The lowest BCUT2D eigenvalue weighted by Crippen LogP contribution is -2.34. The van der Waals surface area contributed by atoms with Crippen LogP contribution in [0.25, 0.3) is 0 Å². The molecule has 1 aliphatic rings. The number of rotatable bonds is 3. The number of carbonyl (C=O) groups is 1. The average molecular weight is 220 g/mol. The first-order valence-electron chi connectivity index (χ1n) is 5.22. The number of ether oxygens (including phenoxy) is 1. The normalized spacial score (nSPS) is 15.2. The maximum atomic E-state index is 10.8. The minimum atomic E-state index is -0.327. The summed E-state index contributed by atoms with van der Waals surface area (Å²) in [7, 11) is -0.327. The van der Waals surface area contributed by atoms with Crippen molar-refractivity contribution in [3.63, 3.8) is 0 Å². The molecule has 0 radical (unpaired) electrons. The van der Waals surface area contributed by atoms with Gasteiger partial charge in [-0.15, -0.1) is 0 Å². The zero-order chi connectivity index (χ0) is 11.4. The standard InChI is InChI=1S/C11H13BO4/c1-9(13)14-8-10-4-2-3-5-11(10)12-15-6-7-16-12/h2-5H,6-8H2,1H3. The molecule has 0 saturated carbocycles. The highest BCUT2D eigenvalue weighted by molar-refractivity contribution is 6.62. The second kappa shape index (κ2) is 5.14. The van der Waals surface area contributed by atoms with Crippen LogP contribution in [0, 0.1) is 0 Å². The fourth-order valence-electron chi connectivity index (χ4n) is 1.61. The third-order valence-corrected chi connectivity index (χ3v) is 2.36. The number of hydrogen-bond donors (Lipinski definition) is 0. The van der Waals surface area contributed by atoms with E-state index in [4.69, 9.17) is 14.0 Å². The van der Waals surface area contributed by atoms with Gasteiger partial charge in [-0.2, -0.15) is 0 Å². The molecule has 4 nitrogen and oxygen atoms in total. The Kier molecular flexibility index (Phi) is 3.59. The topological polar surface area (TPSA) is 44.8 Å². The van der Waals surface area contributed by atoms with E-state index in [1.54, 1.807) is 0 Å². The predicted octanol–water partition coefficient (Wildman–Crippen LogP) is 0.492. The minimum Gasteiger partial charge on any atom is -0.461 e. The Labute approximate surface area is 94.6 Å². The number of carbonyl (C=O) groups excluding carboxylic acids is 1. The summed E-state index contributed by atoms with van der Waals surface area (Å²) in [6.45, 7) is 2.86. The van der Waals surface area contributed by atoms with Crippen LogP contribution in [0.2, 0.25) is 0 Å². The highest BCUT2D eigenvalue weighted by atomic mass is 16.6. The van der Waals surface area contributed by atoms with Crippen molar-refractivity contribution < 1.29 is 18.8 Å². The van der Waals surface area contributed by atoms with Gasteiger partial charge in [-0.25, -0.2) is 0 Å². The summed E-state index contributed by atoms with van der Waals surface area (Å²) >= 11 is 0. The fourth-order valence-corrected chi connectivity index (χ4v) is 1.61. The van der Waals surface area contributed by atoms with E-state index in [9.17, 15) is 4.79 Å². The second-order valence-electron chi connectivity index (χ2n) is 3.55. The molecule has 5 heteroatoms. The number of hydrogen-bond acceptors (Lipinski definition) is 4. The first-order chi connectivity index (χ1) is 7.77. The Morgan fingerprint density at radius 3 is 2.75 bits per heavy atom. The van der Waals surface area contributed by atoms with Crippen LogP contribution in [0.1, 0.15) is 12.5 Å². The molecule has 0 unspecified atom stereocenters. The molecule has 1 aliphatic heterocycles. The van der Waals surface area contributed by atoms with Crippen LogP contribution in [0.15, 0.2) is 24.3 Å². The van der Waals surface area contributed by atoms with Gasteiger partial charge in [-0.1, -0.05) is 24.3 Å². The van der Waals surface area contributed by atoms with E-state index in [1.165, 1.54) is 6.92 Å². The first kappa shape index (κ1) is 11.2. The lowest BCUT2D eigenvalue weighted by atomic mass is 9.76. The molecule has 0 amide bonds. The van der Waals surface area contributed by atoms with Gasteiger partial charge < -0.3 is 14.0 Å². The quantitative estimate of drug-likeness (QED) is 0.549. The molecule has 16 heavy (non-hydrogen) atoms. The Balaban J connectivity index is 2.13. The Hall–Kier alpha value is -1.33. The van der Waals surface area contributed by atoms with Gasteiger partial charge in [0.1, 0.15) is 6.61 Å². The third kappa shape index (κ3) is 2.62. The van der Waals surface area contributed by atoms with E-state index >= 15 is 0 Å². The van der Waals surface area contributed by atoms with Crippen LogP contribution in [0.5, 0.6) is 0 Å². The maximum Gasteiger partial charge on any atom is 0.494 e. The monoisotopic (exact) mass is 220 g/mol. The lowest BCUT2D eigenvalue weighted by molar-refractivity contribution is -0.142. The van der Waals surface area contributed by atoms with Crippen LogP contribution < -0.4 is 5.46 Å². The largest absolute Gasteiger partial charge is 0.494 e. The first-order valence-corrected chi connectivity index (χ1v) is 5.22. The van der Waals surface area contributed by atoms with Crippen LogP contribution >= 0.6 is 0 Å². The van der Waals surface area contributed by atoms with Gasteiger partial charge in [0.2, 0.25) is 0 Å². The van der Waals surface area contributed by atoms with Gasteiger partial charge >= 0.3 is 13.1 Å². The minimum absolute atomic E-state index is 0.259. The predicted molar refractivity (Wildman–Crippen MR) is 59.2 cm³/mol. The van der Waals surface area contributed by atoms with Crippen LogP contribution in [-0.4, -0.2) is 26.3 Å². The summed E-state index contributed by atoms with van der Waals surface area (Å²) in [5.74, 6) is -0.289. The molecule has 1 fully saturated rings. The Morgan fingerprint density at radius 2 is 2.06 bits per heavy atom. The van der Waals surface area contributed by atoms with Gasteiger partial charge in [0.05, 0.1) is 13.2 Å². The fraction of sp³-hybridized carbons (Fsp3) is 0.364. The zero-order valence-corrected chi connectivity index (χ0v) is 9.14. The Morgan fingerprint density at radius 1 is 1.38 bits per heavy atom. The highest BCUT2D eigenvalue weighted by Gasteiger charge is 2.28. The molecular weight excluding hydrogens is 207 g/mol. The molecule has 0 aliphatic carbocycles. The molecule has 0 aromatic heterocycles. The van der Waals surface area contributed by atoms with Gasteiger partial charge in [0.25, 0.3) is 0 Å². The molecule has 2 rings (SSSR count). The molecule has 0 spiro atoms. The smallest absolute Gasteiger partial charge is 0.461 e. The van der Waals surface area contributed by atoms with E-state index in [0.29, 0.717) is 13.2 Å². The van der Waals surface area contributed by atoms with Crippen molar-refractivity contribution >= 4 is 18.6 Å². The summed E-state index contributed by atoms with van der Waals surface area (Å²) in [6.07, 6.45) is 0. The van der Waals surface area contributed by atoms with Crippen LogP contribution in [0.4, 0.5) is 0 Å². The second-order valence-corrected chi connectivity index (χ2v) is 3.55. The summed E-state index contributed by atoms with van der Waals surface area (Å²) in [5.41, 5.74) is 1.85. The van der Waals surface area contributed by atoms with Gasteiger partial charge in [0, 0.05) is 6.92 Å². The Bertz CT molecular complexity index is 374. The molecule has 1 aromatic carbocycles. The highest BCUT2D eigenvalue weighted by Crippen LogP contribution is 2.06. The lowest BCUT2D eigenvalue weighted by Gasteiger charge is -2.10. The molecule has 1 heterocycles. The molecule has 1 aromatic rings. The van der Waals surface area contributed by atoms with Gasteiger partial charge in [-0.05, 0) is 11.0 Å². The number of esters is 1. The van der Waals surface area contributed by atoms with Crippen LogP contribution in [0.3, 0.4) is 0 Å². The van der Waals surface area contributed by atoms with Gasteiger partial charge in [-0.3, -0.25) is 4.79 Å². The van der Waals surface area contributed by atoms with Crippen molar-refractivity contribution in [1.82, 2.24) is 0 Å². The molecule has 0 atom stereocenters. The van der Waals surface area contributed by atoms with Crippen molar-refractivity contribution in [3.8, 4) is 0 Å². The van der Waals surface area contributed by atoms with E-state index < -0.39 is 0 Å². The molecule has 0 bridgehead atoms. The average Bonchev–Trinajstić information content (AvgIpc) is 2.80. The van der Waals surface area contributed by atoms with Crippen LogP contribution in [-0.2, 0) is 25.4 Å². The summed E-state index contributed by atoms with van der Waals surface area (Å²) in [5, 5.41) is 0. The molecule has 1 saturated heterocycles. The SMILES string of the molecule is CC(=O)OCc1ccccc1B1OCCO1. The van der Waals surface area contributed by atoms with E-state index in [2.05, 4.69) is 0 Å². The zero-order valence-electron chi connectivity index (χ0n) is 9.14. The summed E-state index contributed by atoms with van der Waals surface area (Å²) in [4.78, 5) is 10.8. The molecular formula is C11H13BO4. The van der Waals surface area contributed by atoms with E-state index in [1.807, 2.05) is 24.3 Å². The molecule has 0 N–H and O–H groups in total. The van der Waals surface area contributed by atoms with Gasteiger partial charge in [0.15, 0.2) is 0 Å². The summed E-state index contributed by atoms with van der Waals surface area (Å²) < 4.78 is 15.8. The van der Waals surface area contributed by atoms with Crippen molar-refractivity contribution in [2.24, 2.45) is 0 Å². The van der Waals surface area contributed by atoms with Crippen molar-refractivity contribution in [2.75, 3.05) is 13.2 Å². The van der Waals surface area contributed by atoms with E-state index in [0.717, 1.165) is 11.0 Å². The van der Waals surface area contributed by atoms with Crippen molar-refractivity contribution in [3.05, 3.63) is 29.8 Å². The van der Waals surface area contributed by atoms with Crippen molar-refractivity contribution in [1.29, 1.82) is 0 Å². The summed E-state index contributed by atoms with van der Waals surface area (Å²) in [6, 6.07) is 7.65. The maximum absolute atomic E-state index is 10.8. The van der Waals surface area contributed by atoms with E-state index in [-0.39, 0.29) is 19.7 Å². The molecule has 84 valence electrons. The third-order valence-electron chi connectivity index (χ3n) is 2.36.